The number of hydrogen-bond acceptors (Lipinski definition) is 5. The zero-order valence-corrected chi connectivity index (χ0v) is 11.9. The molecule has 22 heavy (non-hydrogen) atoms. The summed E-state index contributed by atoms with van der Waals surface area (Å²) in [7, 11) is 0. The van der Waals surface area contributed by atoms with Crippen molar-refractivity contribution in [2.75, 3.05) is 6.54 Å². The second-order valence-corrected chi connectivity index (χ2v) is 5.43. The fraction of sp³-hybridized carbons (Fsp3) is 0.375. The minimum Gasteiger partial charge on any atom is -0.453 e. The summed E-state index contributed by atoms with van der Waals surface area (Å²) < 4.78 is 5.13. The van der Waals surface area contributed by atoms with Gasteiger partial charge in [0.05, 0.1) is 11.1 Å². The van der Waals surface area contributed by atoms with Gasteiger partial charge in [-0.3, -0.25) is 24.1 Å². The first kappa shape index (κ1) is 14.4. The first-order chi connectivity index (χ1) is 10.6. The summed E-state index contributed by atoms with van der Waals surface area (Å²) in [4.78, 5) is 48.7. The Labute approximate surface area is 127 Å². The van der Waals surface area contributed by atoms with Crippen molar-refractivity contribution in [3.8, 4) is 0 Å². The zero-order valence-electron chi connectivity index (χ0n) is 11.9. The molecule has 0 N–H and O–H groups in total. The highest BCUT2D eigenvalue weighted by atomic mass is 16.5. The normalized spacial score (nSPS) is 21.0. The van der Waals surface area contributed by atoms with Crippen molar-refractivity contribution in [3.05, 3.63) is 35.4 Å². The summed E-state index contributed by atoms with van der Waals surface area (Å²) >= 11 is 0. The van der Waals surface area contributed by atoms with E-state index in [0.29, 0.717) is 12.8 Å². The molecule has 1 heterocycles. The van der Waals surface area contributed by atoms with E-state index in [4.69, 9.17) is 4.74 Å². The molecule has 2 aliphatic rings. The fourth-order valence-corrected chi connectivity index (χ4v) is 2.78. The number of ketones is 1. The van der Waals surface area contributed by atoms with Crippen molar-refractivity contribution in [3.63, 3.8) is 0 Å². The van der Waals surface area contributed by atoms with Gasteiger partial charge in [0.25, 0.3) is 11.8 Å². The van der Waals surface area contributed by atoms with E-state index >= 15 is 0 Å². The maximum Gasteiger partial charge on any atom is 0.326 e. The van der Waals surface area contributed by atoms with Crippen LogP contribution in [0.2, 0.25) is 0 Å². The monoisotopic (exact) mass is 301 g/mol. The second-order valence-electron chi connectivity index (χ2n) is 5.43. The van der Waals surface area contributed by atoms with Gasteiger partial charge in [-0.15, -0.1) is 0 Å². The zero-order chi connectivity index (χ0) is 15.7. The van der Waals surface area contributed by atoms with Gasteiger partial charge in [0.1, 0.15) is 6.54 Å². The molecule has 0 unspecified atom stereocenters. The molecule has 1 aliphatic carbocycles. The van der Waals surface area contributed by atoms with Gasteiger partial charge in [0, 0.05) is 6.42 Å². The molecule has 1 aromatic rings. The van der Waals surface area contributed by atoms with Gasteiger partial charge in [-0.25, -0.2) is 0 Å². The quantitative estimate of drug-likeness (QED) is 0.621. The third kappa shape index (κ3) is 2.52. The van der Waals surface area contributed by atoms with E-state index in [1.54, 1.807) is 24.3 Å². The molecule has 0 spiro atoms. The molecule has 1 aromatic carbocycles. The van der Waals surface area contributed by atoms with Crippen LogP contribution in [0.15, 0.2) is 24.3 Å². The van der Waals surface area contributed by atoms with E-state index in [0.717, 1.165) is 17.7 Å². The molecule has 0 radical (unpaired) electrons. The maximum absolute atomic E-state index is 12.1. The third-order valence-electron chi connectivity index (χ3n) is 3.94. The van der Waals surface area contributed by atoms with Crippen molar-refractivity contribution in [1.82, 2.24) is 4.90 Å². The van der Waals surface area contributed by atoms with Crippen LogP contribution in [0.3, 0.4) is 0 Å². The Hall–Kier alpha value is -2.50. The number of hydrogen-bond donors (Lipinski definition) is 0. The third-order valence-corrected chi connectivity index (χ3v) is 3.94. The molecule has 0 aromatic heterocycles. The predicted molar refractivity (Wildman–Crippen MR) is 75.2 cm³/mol. The summed E-state index contributed by atoms with van der Waals surface area (Å²) in [5.41, 5.74) is 0.572. The maximum atomic E-state index is 12.1. The average molecular weight is 301 g/mol. The SMILES string of the molecule is O=C(CN1C(=O)c2ccccc2C1=O)O[C@H]1CCCCC1=O. The van der Waals surface area contributed by atoms with E-state index in [1.165, 1.54) is 0 Å². The van der Waals surface area contributed by atoms with Crippen LogP contribution in [-0.2, 0) is 14.3 Å². The molecule has 6 heteroatoms. The van der Waals surface area contributed by atoms with E-state index in [9.17, 15) is 19.2 Å². The van der Waals surface area contributed by atoms with Gasteiger partial charge in [0.15, 0.2) is 11.9 Å². The Morgan fingerprint density at radius 2 is 1.73 bits per heavy atom. The lowest BCUT2D eigenvalue weighted by atomic mass is 9.96. The van der Waals surface area contributed by atoms with Crippen LogP contribution >= 0.6 is 0 Å². The van der Waals surface area contributed by atoms with Crippen molar-refractivity contribution in [2.45, 2.75) is 31.8 Å². The van der Waals surface area contributed by atoms with Crippen molar-refractivity contribution < 1.29 is 23.9 Å². The number of nitrogens with zero attached hydrogens (tertiary/aromatic N) is 1. The number of ether oxygens (including phenoxy) is 1. The molecule has 6 nitrogen and oxygen atoms in total. The lowest BCUT2D eigenvalue weighted by molar-refractivity contribution is -0.156. The van der Waals surface area contributed by atoms with Crippen molar-refractivity contribution >= 4 is 23.6 Å². The number of rotatable bonds is 3. The van der Waals surface area contributed by atoms with Crippen LogP contribution in [0.1, 0.15) is 46.4 Å². The topological polar surface area (TPSA) is 80.8 Å². The number of benzene rings is 1. The molecule has 114 valence electrons. The van der Waals surface area contributed by atoms with Gasteiger partial charge >= 0.3 is 5.97 Å². The minimum atomic E-state index is -0.739. The highest BCUT2D eigenvalue weighted by molar-refractivity contribution is 6.22. The van der Waals surface area contributed by atoms with Crippen molar-refractivity contribution in [2.24, 2.45) is 0 Å². The molecule has 1 aliphatic heterocycles. The highest BCUT2D eigenvalue weighted by Crippen LogP contribution is 2.23. The molecular weight excluding hydrogens is 286 g/mol. The summed E-state index contributed by atoms with van der Waals surface area (Å²) in [5, 5.41) is 0. The first-order valence-electron chi connectivity index (χ1n) is 7.25. The summed E-state index contributed by atoms with van der Waals surface area (Å²) in [6.07, 6.45) is 1.82. The highest BCUT2D eigenvalue weighted by Gasteiger charge is 2.37. The minimum absolute atomic E-state index is 0.0954. The number of carbonyl (C=O) groups is 4. The lowest BCUT2D eigenvalue weighted by Gasteiger charge is -2.21. The molecule has 1 fully saturated rings. The molecule has 1 saturated carbocycles. The van der Waals surface area contributed by atoms with E-state index in [1.807, 2.05) is 0 Å². The predicted octanol–water partition coefficient (Wildman–Crippen LogP) is 1.34. The van der Waals surface area contributed by atoms with Crippen LogP contribution in [0, 0.1) is 0 Å². The Kier molecular flexibility index (Phi) is 3.75. The van der Waals surface area contributed by atoms with Gasteiger partial charge in [-0.2, -0.15) is 0 Å². The van der Waals surface area contributed by atoms with Crippen LogP contribution in [-0.4, -0.2) is 41.1 Å². The van der Waals surface area contributed by atoms with Crippen molar-refractivity contribution in [1.29, 1.82) is 0 Å². The molecule has 2 amide bonds. The second kappa shape index (κ2) is 5.71. The molecule has 0 saturated heterocycles. The molecular formula is C16H15NO5. The number of amides is 2. The summed E-state index contributed by atoms with van der Waals surface area (Å²) in [5.74, 6) is -1.84. The molecule has 3 rings (SSSR count). The van der Waals surface area contributed by atoms with Crippen LogP contribution < -0.4 is 0 Å². The van der Waals surface area contributed by atoms with E-state index < -0.39 is 30.4 Å². The molecule has 0 bridgehead atoms. The Balaban J connectivity index is 1.67. The smallest absolute Gasteiger partial charge is 0.326 e. The lowest BCUT2D eigenvalue weighted by Crippen LogP contribution is -2.39. The van der Waals surface area contributed by atoms with Gasteiger partial charge < -0.3 is 4.74 Å². The van der Waals surface area contributed by atoms with Gasteiger partial charge in [0.2, 0.25) is 0 Å². The number of fused-ring (bicyclic) bond motifs is 1. The fourth-order valence-electron chi connectivity index (χ4n) is 2.78. The number of Topliss-reactive ketones (excluding diaryl/α,β-unsaturated/α-hetero) is 1. The largest absolute Gasteiger partial charge is 0.453 e. The van der Waals surface area contributed by atoms with Crippen LogP contribution in [0.5, 0.6) is 0 Å². The first-order valence-corrected chi connectivity index (χ1v) is 7.25. The Morgan fingerprint density at radius 1 is 1.09 bits per heavy atom. The number of imide groups is 1. The van der Waals surface area contributed by atoms with Gasteiger partial charge in [-0.1, -0.05) is 12.1 Å². The Morgan fingerprint density at radius 3 is 2.32 bits per heavy atom. The summed E-state index contributed by atoms with van der Waals surface area (Å²) in [6.45, 7) is -0.462. The van der Waals surface area contributed by atoms with Gasteiger partial charge in [-0.05, 0) is 31.4 Å². The average Bonchev–Trinajstić information content (AvgIpc) is 2.75. The molecule has 1 atom stereocenters. The Bertz CT molecular complexity index is 631. The number of esters is 1. The van der Waals surface area contributed by atoms with Crippen LogP contribution in [0.4, 0.5) is 0 Å². The standard InChI is InChI=1S/C16H15NO5/c18-12-7-3-4-8-13(12)22-14(19)9-17-15(20)10-5-1-2-6-11(10)16(17)21/h1-2,5-6,13H,3-4,7-9H2/t13-/m0/s1. The van der Waals surface area contributed by atoms with E-state index in [-0.39, 0.29) is 16.9 Å². The van der Waals surface area contributed by atoms with E-state index in [2.05, 4.69) is 0 Å². The summed E-state index contributed by atoms with van der Waals surface area (Å²) in [6, 6.07) is 6.41. The van der Waals surface area contributed by atoms with Crippen LogP contribution in [0.25, 0.3) is 0 Å². The number of carbonyl (C=O) groups excluding carboxylic acids is 4.